The molecule has 1 aromatic heterocycles. The lowest BCUT2D eigenvalue weighted by atomic mass is 10.0. The van der Waals surface area contributed by atoms with Crippen molar-refractivity contribution in [2.75, 3.05) is 20.3 Å². The van der Waals surface area contributed by atoms with Crippen LogP contribution in [0.3, 0.4) is 0 Å². The number of amides is 1. The van der Waals surface area contributed by atoms with Crippen molar-refractivity contribution in [3.8, 4) is 16.9 Å². The largest absolute Gasteiger partial charge is 0.491 e. The van der Waals surface area contributed by atoms with E-state index in [0.717, 1.165) is 28.1 Å². The Morgan fingerprint density at radius 3 is 2.61 bits per heavy atom. The summed E-state index contributed by atoms with van der Waals surface area (Å²) in [6, 6.07) is 15.3. The molecule has 0 unspecified atom stereocenters. The zero-order valence-electron chi connectivity index (χ0n) is 16.4. The number of hydrogen-bond donors (Lipinski definition) is 1. The molecule has 0 fully saturated rings. The van der Waals surface area contributed by atoms with Crippen molar-refractivity contribution in [2.45, 2.75) is 13.5 Å². The van der Waals surface area contributed by atoms with Gasteiger partial charge in [0.25, 0.3) is 5.91 Å². The van der Waals surface area contributed by atoms with E-state index in [1.54, 1.807) is 7.11 Å². The molecule has 28 heavy (non-hydrogen) atoms. The fourth-order valence-electron chi connectivity index (χ4n) is 2.84. The molecule has 1 amide bonds. The summed E-state index contributed by atoms with van der Waals surface area (Å²) in [6.07, 6.45) is 1.82. The first kappa shape index (κ1) is 19.6. The monoisotopic (exact) mass is 379 g/mol. The second-order valence-corrected chi connectivity index (χ2v) is 6.52. The summed E-state index contributed by atoms with van der Waals surface area (Å²) in [5.41, 5.74) is 4.70. The average Bonchev–Trinajstić information content (AvgIpc) is 3.06. The van der Waals surface area contributed by atoms with Crippen molar-refractivity contribution < 1.29 is 14.3 Å². The molecule has 2 aromatic carbocycles. The standard InChI is InChI=1S/C22H25N3O3/c1-16-21(15-24-25(16)2)18-5-4-6-19(13-18)22(26)23-14-17-7-9-20(10-8-17)28-12-11-27-3/h4-10,13,15H,11-12,14H2,1-3H3,(H,23,26). The molecular formula is C22H25N3O3. The van der Waals surface area contributed by atoms with Crippen LogP contribution in [0.1, 0.15) is 21.6 Å². The number of carbonyl (C=O) groups excluding carboxylic acids is 1. The maximum atomic E-state index is 12.6. The Kier molecular flexibility index (Phi) is 6.45. The van der Waals surface area contributed by atoms with Crippen LogP contribution in [0.5, 0.6) is 5.75 Å². The Hall–Kier alpha value is -3.12. The molecule has 3 rings (SSSR count). The summed E-state index contributed by atoms with van der Waals surface area (Å²) in [4.78, 5) is 12.6. The third kappa shape index (κ3) is 4.78. The molecule has 3 aromatic rings. The van der Waals surface area contributed by atoms with Gasteiger partial charge in [-0.25, -0.2) is 0 Å². The number of nitrogens with one attached hydrogen (secondary N) is 1. The number of rotatable bonds is 8. The van der Waals surface area contributed by atoms with E-state index in [9.17, 15) is 4.79 Å². The zero-order valence-corrected chi connectivity index (χ0v) is 16.4. The topological polar surface area (TPSA) is 65.4 Å². The van der Waals surface area contributed by atoms with Crippen LogP contribution in [-0.4, -0.2) is 36.0 Å². The van der Waals surface area contributed by atoms with Crippen LogP contribution in [0.15, 0.2) is 54.7 Å². The van der Waals surface area contributed by atoms with Gasteiger partial charge in [-0.2, -0.15) is 5.10 Å². The maximum absolute atomic E-state index is 12.6. The van der Waals surface area contributed by atoms with E-state index >= 15 is 0 Å². The minimum Gasteiger partial charge on any atom is -0.491 e. The van der Waals surface area contributed by atoms with Crippen molar-refractivity contribution >= 4 is 5.91 Å². The second kappa shape index (κ2) is 9.19. The molecule has 0 spiro atoms. The highest BCUT2D eigenvalue weighted by Gasteiger charge is 2.10. The molecule has 1 N–H and O–H groups in total. The minimum atomic E-state index is -0.108. The van der Waals surface area contributed by atoms with Gasteiger partial charge in [-0.1, -0.05) is 24.3 Å². The summed E-state index contributed by atoms with van der Waals surface area (Å²) in [5.74, 6) is 0.676. The Bertz CT molecular complexity index is 932. The van der Waals surface area contributed by atoms with Gasteiger partial charge in [-0.3, -0.25) is 9.48 Å². The number of hydrogen-bond acceptors (Lipinski definition) is 4. The molecule has 0 aliphatic carbocycles. The van der Waals surface area contributed by atoms with Gasteiger partial charge >= 0.3 is 0 Å². The number of methoxy groups -OCH3 is 1. The summed E-state index contributed by atoms with van der Waals surface area (Å²) >= 11 is 0. The van der Waals surface area contributed by atoms with Gasteiger partial charge in [0, 0.05) is 37.5 Å². The molecule has 6 heteroatoms. The van der Waals surface area contributed by atoms with Crippen LogP contribution in [0, 0.1) is 6.92 Å². The molecule has 0 radical (unpaired) electrons. The van der Waals surface area contributed by atoms with Gasteiger partial charge in [0.15, 0.2) is 0 Å². The van der Waals surface area contributed by atoms with Crippen molar-refractivity contribution in [1.29, 1.82) is 0 Å². The van der Waals surface area contributed by atoms with Gasteiger partial charge in [0.2, 0.25) is 0 Å². The molecule has 146 valence electrons. The van der Waals surface area contributed by atoms with Crippen LogP contribution < -0.4 is 10.1 Å². The van der Waals surface area contributed by atoms with E-state index in [2.05, 4.69) is 10.4 Å². The Morgan fingerprint density at radius 2 is 1.93 bits per heavy atom. The lowest BCUT2D eigenvalue weighted by Gasteiger charge is -2.09. The number of aromatic nitrogens is 2. The SMILES string of the molecule is COCCOc1ccc(CNC(=O)c2cccc(-c3cnn(C)c3C)c2)cc1. The third-order valence-corrected chi connectivity index (χ3v) is 4.60. The molecule has 0 aliphatic heterocycles. The lowest BCUT2D eigenvalue weighted by molar-refractivity contribution is 0.0951. The highest BCUT2D eigenvalue weighted by molar-refractivity contribution is 5.95. The maximum Gasteiger partial charge on any atom is 0.251 e. The predicted octanol–water partition coefficient (Wildman–Crippen LogP) is 3.35. The quantitative estimate of drug-likeness (QED) is 0.610. The predicted molar refractivity (Wildman–Crippen MR) is 108 cm³/mol. The highest BCUT2D eigenvalue weighted by atomic mass is 16.5. The van der Waals surface area contributed by atoms with E-state index < -0.39 is 0 Å². The molecule has 0 bridgehead atoms. The molecular weight excluding hydrogens is 354 g/mol. The Morgan fingerprint density at radius 1 is 1.14 bits per heavy atom. The van der Waals surface area contributed by atoms with Crippen molar-refractivity contribution in [3.63, 3.8) is 0 Å². The fraction of sp³-hybridized carbons (Fsp3) is 0.273. The van der Waals surface area contributed by atoms with E-state index in [1.165, 1.54) is 0 Å². The van der Waals surface area contributed by atoms with Gasteiger partial charge < -0.3 is 14.8 Å². The van der Waals surface area contributed by atoms with E-state index in [4.69, 9.17) is 9.47 Å². The van der Waals surface area contributed by atoms with Gasteiger partial charge in [0.05, 0.1) is 12.8 Å². The fourth-order valence-corrected chi connectivity index (χ4v) is 2.84. The van der Waals surface area contributed by atoms with Gasteiger partial charge in [-0.15, -0.1) is 0 Å². The highest BCUT2D eigenvalue weighted by Crippen LogP contribution is 2.23. The summed E-state index contributed by atoms with van der Waals surface area (Å²) in [7, 11) is 3.55. The van der Waals surface area contributed by atoms with E-state index in [1.807, 2.05) is 73.4 Å². The summed E-state index contributed by atoms with van der Waals surface area (Å²) < 4.78 is 12.3. The number of nitrogens with zero attached hydrogens (tertiary/aromatic N) is 2. The Labute approximate surface area is 165 Å². The van der Waals surface area contributed by atoms with Crippen molar-refractivity contribution in [2.24, 2.45) is 7.05 Å². The second-order valence-electron chi connectivity index (χ2n) is 6.52. The smallest absolute Gasteiger partial charge is 0.251 e. The number of aryl methyl sites for hydroxylation is 1. The first-order chi connectivity index (χ1) is 13.6. The van der Waals surface area contributed by atoms with Crippen LogP contribution in [0.4, 0.5) is 0 Å². The summed E-state index contributed by atoms with van der Waals surface area (Å²) in [6.45, 7) is 3.53. The normalized spacial score (nSPS) is 10.7. The average molecular weight is 379 g/mol. The first-order valence-corrected chi connectivity index (χ1v) is 9.16. The van der Waals surface area contributed by atoms with Gasteiger partial charge in [0.1, 0.15) is 12.4 Å². The van der Waals surface area contributed by atoms with Crippen molar-refractivity contribution in [3.05, 3.63) is 71.5 Å². The lowest BCUT2D eigenvalue weighted by Crippen LogP contribution is -2.22. The minimum absolute atomic E-state index is 0.108. The molecule has 0 atom stereocenters. The first-order valence-electron chi connectivity index (χ1n) is 9.16. The molecule has 0 aliphatic rings. The molecule has 0 saturated heterocycles. The van der Waals surface area contributed by atoms with Crippen LogP contribution in [-0.2, 0) is 18.3 Å². The zero-order chi connectivity index (χ0) is 19.9. The molecule has 6 nitrogen and oxygen atoms in total. The van der Waals surface area contributed by atoms with Crippen molar-refractivity contribution in [1.82, 2.24) is 15.1 Å². The number of benzene rings is 2. The van der Waals surface area contributed by atoms with E-state index in [0.29, 0.717) is 25.3 Å². The van der Waals surface area contributed by atoms with Crippen LogP contribution in [0.25, 0.3) is 11.1 Å². The van der Waals surface area contributed by atoms with Crippen LogP contribution in [0.2, 0.25) is 0 Å². The van der Waals surface area contributed by atoms with E-state index in [-0.39, 0.29) is 5.91 Å². The molecule has 0 saturated carbocycles. The van der Waals surface area contributed by atoms with Crippen LogP contribution >= 0.6 is 0 Å². The number of carbonyl (C=O) groups is 1. The van der Waals surface area contributed by atoms with Gasteiger partial charge in [-0.05, 0) is 42.3 Å². The third-order valence-electron chi connectivity index (χ3n) is 4.60. The molecule has 1 heterocycles. The Balaban J connectivity index is 1.61. The summed E-state index contributed by atoms with van der Waals surface area (Å²) in [5, 5.41) is 7.24. The number of ether oxygens (including phenoxy) is 2.